The summed E-state index contributed by atoms with van der Waals surface area (Å²) in [6.07, 6.45) is 0. The first-order valence-electron chi connectivity index (χ1n) is 5.71. The molecule has 2 rings (SSSR count). The fourth-order valence-corrected chi connectivity index (χ4v) is 2.49. The van der Waals surface area contributed by atoms with Crippen molar-refractivity contribution < 1.29 is 4.74 Å². The van der Waals surface area contributed by atoms with Gasteiger partial charge in [0.2, 0.25) is 0 Å². The van der Waals surface area contributed by atoms with Gasteiger partial charge in [-0.2, -0.15) is 10.4 Å². The van der Waals surface area contributed by atoms with Crippen LogP contribution in [0.2, 0.25) is 0 Å². The molecular weight excluding hydrogens is 258 g/mol. The van der Waals surface area contributed by atoms with Gasteiger partial charge in [-0.25, -0.2) is 0 Å². The Hall–Kier alpha value is -2.06. The highest BCUT2D eigenvalue weighted by Crippen LogP contribution is 2.31. The number of ether oxygens (including phenoxy) is 1. The summed E-state index contributed by atoms with van der Waals surface area (Å²) in [6.45, 7) is 3.74. The number of hydrogen-bond acceptors (Lipinski definition) is 5. The van der Waals surface area contributed by atoms with Crippen LogP contribution in [0.4, 0.5) is 0 Å². The normalized spacial score (nSPS) is 10.0. The van der Waals surface area contributed by atoms with Crippen molar-refractivity contribution >= 4 is 11.8 Å². The Bertz CT molecular complexity index is 650. The number of benzene rings is 1. The number of nitriles is 1. The van der Waals surface area contributed by atoms with E-state index in [1.807, 2.05) is 38.1 Å². The quantitative estimate of drug-likeness (QED) is 0.858. The van der Waals surface area contributed by atoms with Crippen molar-refractivity contribution in [1.29, 1.82) is 5.26 Å². The van der Waals surface area contributed by atoms with Gasteiger partial charge in [0.05, 0.1) is 18.4 Å². The molecule has 2 aromatic rings. The van der Waals surface area contributed by atoms with Crippen LogP contribution in [0.3, 0.4) is 0 Å². The highest BCUT2D eigenvalue weighted by molar-refractivity contribution is 7.99. The van der Waals surface area contributed by atoms with E-state index in [0.29, 0.717) is 10.6 Å². The summed E-state index contributed by atoms with van der Waals surface area (Å²) in [7, 11) is 1.63. The summed E-state index contributed by atoms with van der Waals surface area (Å²) in [5.41, 5.74) is 2.25. The summed E-state index contributed by atoms with van der Waals surface area (Å²) in [5, 5.41) is 18.1. The second-order valence-corrected chi connectivity index (χ2v) is 5.05. The molecule has 0 spiro atoms. The van der Waals surface area contributed by atoms with Crippen molar-refractivity contribution in [3.63, 3.8) is 0 Å². The van der Waals surface area contributed by atoms with Crippen LogP contribution in [0.25, 0.3) is 0 Å². The van der Waals surface area contributed by atoms with Crippen molar-refractivity contribution in [3.8, 4) is 11.8 Å². The first-order chi connectivity index (χ1) is 9.15. The molecule has 0 N–H and O–H groups in total. The van der Waals surface area contributed by atoms with E-state index >= 15 is 0 Å². The summed E-state index contributed by atoms with van der Waals surface area (Å²) in [4.78, 5) is 0.966. The monoisotopic (exact) mass is 271 g/mol. The Labute approximate surface area is 116 Å². The van der Waals surface area contributed by atoms with Gasteiger partial charge in [0.25, 0.3) is 0 Å². The third kappa shape index (κ3) is 2.85. The van der Waals surface area contributed by atoms with Gasteiger partial charge in [-0.05, 0) is 37.6 Å². The van der Waals surface area contributed by atoms with Crippen LogP contribution < -0.4 is 4.74 Å². The minimum absolute atomic E-state index is 0.584. The van der Waals surface area contributed by atoms with Gasteiger partial charge >= 0.3 is 0 Å². The molecular formula is C14H13N3OS. The van der Waals surface area contributed by atoms with Crippen molar-refractivity contribution in [2.45, 2.75) is 23.8 Å². The van der Waals surface area contributed by atoms with Crippen LogP contribution in [0.1, 0.15) is 16.8 Å². The lowest BCUT2D eigenvalue weighted by molar-refractivity contribution is 0.413. The van der Waals surface area contributed by atoms with Crippen LogP contribution >= 0.6 is 11.8 Å². The lowest BCUT2D eigenvalue weighted by Gasteiger charge is -2.07. The van der Waals surface area contributed by atoms with Crippen molar-refractivity contribution in [2.75, 3.05) is 7.11 Å². The maximum Gasteiger partial charge on any atom is 0.142 e. The smallest absolute Gasteiger partial charge is 0.142 e. The highest BCUT2D eigenvalue weighted by Gasteiger charge is 2.12. The molecule has 96 valence electrons. The van der Waals surface area contributed by atoms with Gasteiger partial charge < -0.3 is 4.74 Å². The van der Waals surface area contributed by atoms with Crippen LogP contribution in [0.15, 0.2) is 34.2 Å². The van der Waals surface area contributed by atoms with Crippen molar-refractivity contribution in [2.24, 2.45) is 0 Å². The second kappa shape index (κ2) is 5.72. The Morgan fingerprint density at radius 2 is 2.05 bits per heavy atom. The zero-order valence-corrected chi connectivity index (χ0v) is 11.8. The Morgan fingerprint density at radius 3 is 2.74 bits per heavy atom. The molecule has 0 aliphatic rings. The molecule has 1 aromatic heterocycles. The van der Waals surface area contributed by atoms with E-state index in [-0.39, 0.29) is 0 Å². The molecule has 0 radical (unpaired) electrons. The Kier molecular flexibility index (Phi) is 4.03. The van der Waals surface area contributed by atoms with Gasteiger partial charge in [-0.3, -0.25) is 0 Å². The van der Waals surface area contributed by atoms with Gasteiger partial charge in [-0.1, -0.05) is 17.8 Å². The van der Waals surface area contributed by atoms with E-state index < -0.39 is 0 Å². The Morgan fingerprint density at radius 1 is 1.26 bits per heavy atom. The minimum Gasteiger partial charge on any atom is -0.497 e. The highest BCUT2D eigenvalue weighted by atomic mass is 32.2. The number of rotatable bonds is 3. The van der Waals surface area contributed by atoms with Crippen molar-refractivity contribution in [3.05, 3.63) is 41.1 Å². The zero-order valence-electron chi connectivity index (χ0n) is 11.0. The average Bonchev–Trinajstić information content (AvgIpc) is 2.43. The molecule has 0 fully saturated rings. The average molecular weight is 271 g/mol. The topological polar surface area (TPSA) is 58.8 Å². The van der Waals surface area contributed by atoms with Crippen LogP contribution in [-0.2, 0) is 0 Å². The largest absolute Gasteiger partial charge is 0.497 e. The number of aryl methyl sites for hydroxylation is 1. The molecule has 1 aromatic carbocycles. The van der Waals surface area contributed by atoms with Gasteiger partial charge in [0, 0.05) is 4.90 Å². The van der Waals surface area contributed by atoms with Crippen LogP contribution in [-0.4, -0.2) is 17.3 Å². The van der Waals surface area contributed by atoms with E-state index in [0.717, 1.165) is 21.9 Å². The van der Waals surface area contributed by atoms with E-state index in [1.165, 1.54) is 11.8 Å². The van der Waals surface area contributed by atoms with Gasteiger partial charge in [0.1, 0.15) is 16.8 Å². The molecule has 0 amide bonds. The Balaban J connectivity index is 2.38. The van der Waals surface area contributed by atoms with Gasteiger partial charge in [-0.15, -0.1) is 5.10 Å². The molecule has 19 heavy (non-hydrogen) atoms. The van der Waals surface area contributed by atoms with E-state index in [9.17, 15) is 5.26 Å². The second-order valence-electron chi connectivity index (χ2n) is 3.98. The molecule has 0 aliphatic heterocycles. The number of methoxy groups -OCH3 is 1. The predicted octanol–water partition coefficient (Wildman–Crippen LogP) is 3.12. The number of nitrogens with zero attached hydrogens (tertiary/aromatic N) is 3. The molecule has 1 heterocycles. The minimum atomic E-state index is 0.584. The van der Waals surface area contributed by atoms with Crippen LogP contribution in [0.5, 0.6) is 5.75 Å². The third-order valence-electron chi connectivity index (χ3n) is 2.79. The molecule has 0 saturated carbocycles. The molecule has 4 nitrogen and oxygen atoms in total. The first kappa shape index (κ1) is 13.4. The maximum atomic E-state index is 9.25. The van der Waals surface area contributed by atoms with E-state index in [1.54, 1.807) is 7.11 Å². The number of hydrogen-bond donors (Lipinski definition) is 0. The van der Waals surface area contributed by atoms with Crippen molar-refractivity contribution in [1.82, 2.24) is 10.2 Å². The van der Waals surface area contributed by atoms with Gasteiger partial charge in [0.15, 0.2) is 0 Å². The lowest BCUT2D eigenvalue weighted by atomic mass is 10.1. The molecule has 5 heteroatoms. The molecule has 0 saturated heterocycles. The summed E-state index contributed by atoms with van der Waals surface area (Å²) in [5.74, 6) is 0.778. The van der Waals surface area contributed by atoms with Crippen LogP contribution in [0, 0.1) is 25.2 Å². The zero-order chi connectivity index (χ0) is 13.8. The first-order valence-corrected chi connectivity index (χ1v) is 6.53. The SMILES string of the molecule is COc1cccc(Sc2nnc(C)c(C)c2C#N)c1. The third-order valence-corrected chi connectivity index (χ3v) is 3.76. The fourth-order valence-electron chi connectivity index (χ4n) is 1.57. The molecule has 0 bridgehead atoms. The van der Waals surface area contributed by atoms with E-state index in [2.05, 4.69) is 16.3 Å². The standard InChI is InChI=1S/C14H13N3OS/c1-9-10(2)16-17-14(13(9)8-15)19-12-6-4-5-11(7-12)18-3/h4-7H,1-3H3. The summed E-state index contributed by atoms with van der Waals surface area (Å²) >= 11 is 1.42. The molecule has 0 aliphatic carbocycles. The summed E-state index contributed by atoms with van der Waals surface area (Å²) < 4.78 is 5.18. The maximum absolute atomic E-state index is 9.25. The number of aromatic nitrogens is 2. The summed E-state index contributed by atoms with van der Waals surface area (Å²) in [6, 6.07) is 9.83. The lowest BCUT2D eigenvalue weighted by Crippen LogP contribution is -1.98. The predicted molar refractivity (Wildman–Crippen MR) is 73.3 cm³/mol. The fraction of sp³-hybridized carbons (Fsp3) is 0.214. The molecule has 0 unspecified atom stereocenters. The molecule has 0 atom stereocenters. The van der Waals surface area contributed by atoms with E-state index in [4.69, 9.17) is 4.74 Å².